The molecule has 2 N–H and O–H groups in total. The van der Waals surface area contributed by atoms with Gasteiger partial charge in [0.1, 0.15) is 0 Å². The molecule has 0 aliphatic rings. The average Bonchev–Trinajstić information content (AvgIpc) is 2.53. The van der Waals surface area contributed by atoms with Crippen LogP contribution in [-0.4, -0.2) is 13.0 Å². The highest BCUT2D eigenvalue weighted by atomic mass is 32.2. The lowest BCUT2D eigenvalue weighted by atomic mass is 9.96. The van der Waals surface area contributed by atoms with Crippen molar-refractivity contribution in [2.75, 3.05) is 4.72 Å². The second-order valence-electron chi connectivity index (χ2n) is 5.43. The van der Waals surface area contributed by atoms with Crippen LogP contribution in [0.1, 0.15) is 0 Å². The van der Waals surface area contributed by atoms with Crippen molar-refractivity contribution in [2.24, 2.45) is 0 Å². The fourth-order valence-corrected chi connectivity index (χ4v) is 3.54. The van der Waals surface area contributed by atoms with E-state index >= 15 is 0 Å². The van der Waals surface area contributed by atoms with Crippen LogP contribution in [-0.2, 0) is 10.3 Å². The number of hydrogen-bond donors (Lipinski definition) is 2. The van der Waals surface area contributed by atoms with Crippen LogP contribution < -0.4 is 4.72 Å². The largest absolute Gasteiger partial charge is 0.357 e. The highest BCUT2D eigenvalue weighted by Crippen LogP contribution is 2.34. The Labute approximate surface area is 133 Å². The van der Waals surface area contributed by atoms with E-state index in [-0.39, 0.29) is 0 Å². The fraction of sp³-hybridized carbons (Fsp3) is 0. The number of anilines is 1. The van der Waals surface area contributed by atoms with E-state index in [4.69, 9.17) is 4.55 Å². The van der Waals surface area contributed by atoms with Crippen LogP contribution in [0.5, 0.6) is 0 Å². The van der Waals surface area contributed by atoms with Crippen molar-refractivity contribution in [3.63, 3.8) is 0 Å². The normalized spacial score (nSPS) is 12.0. The monoisotopic (exact) mass is 323 g/mol. The summed E-state index contributed by atoms with van der Waals surface area (Å²) in [6.45, 7) is 0. The predicted molar refractivity (Wildman–Crippen MR) is 94.1 cm³/mol. The zero-order valence-electron chi connectivity index (χ0n) is 12.0. The molecule has 114 valence electrons. The Bertz CT molecular complexity index is 1170. The molecule has 4 aromatic carbocycles. The Kier molecular flexibility index (Phi) is 3.01. The van der Waals surface area contributed by atoms with Crippen LogP contribution in [0.15, 0.2) is 66.7 Å². The zero-order valence-corrected chi connectivity index (χ0v) is 12.8. The van der Waals surface area contributed by atoms with Crippen molar-refractivity contribution in [1.29, 1.82) is 0 Å². The maximum atomic E-state index is 11.1. The molecule has 0 saturated heterocycles. The Morgan fingerprint density at radius 2 is 1.26 bits per heavy atom. The summed E-state index contributed by atoms with van der Waals surface area (Å²) in [7, 11) is -4.31. The smallest absolute Gasteiger partial charge is 0.269 e. The molecule has 23 heavy (non-hydrogen) atoms. The van der Waals surface area contributed by atoms with Crippen molar-refractivity contribution in [3.05, 3.63) is 66.7 Å². The van der Waals surface area contributed by atoms with Gasteiger partial charge in [-0.25, -0.2) is 0 Å². The van der Waals surface area contributed by atoms with Crippen LogP contribution in [0, 0.1) is 0 Å². The van der Waals surface area contributed by atoms with Crippen molar-refractivity contribution in [2.45, 2.75) is 0 Å². The molecule has 0 saturated carbocycles. The van der Waals surface area contributed by atoms with Crippen molar-refractivity contribution < 1.29 is 13.0 Å². The molecule has 0 aromatic heterocycles. The van der Waals surface area contributed by atoms with Gasteiger partial charge in [0.05, 0.1) is 5.69 Å². The lowest BCUT2D eigenvalue weighted by Crippen LogP contribution is -2.10. The van der Waals surface area contributed by atoms with E-state index in [0.29, 0.717) is 5.69 Å². The van der Waals surface area contributed by atoms with Crippen LogP contribution >= 0.6 is 0 Å². The molecule has 4 aromatic rings. The molecule has 4 nitrogen and oxygen atoms in total. The van der Waals surface area contributed by atoms with E-state index in [0.717, 1.165) is 32.3 Å². The SMILES string of the molecule is O=S(=O)(O)Nc1cccc2c1ccc1c3ccccc3ccc21. The van der Waals surface area contributed by atoms with Gasteiger partial charge in [0, 0.05) is 5.39 Å². The first-order valence-electron chi connectivity index (χ1n) is 7.11. The second kappa shape index (κ2) is 4.94. The first kappa shape index (κ1) is 14.0. The number of hydrogen-bond acceptors (Lipinski definition) is 2. The van der Waals surface area contributed by atoms with Gasteiger partial charge in [-0.1, -0.05) is 60.7 Å². The first-order chi connectivity index (χ1) is 11.0. The Morgan fingerprint density at radius 3 is 2.09 bits per heavy atom. The number of nitrogens with one attached hydrogen (secondary N) is 1. The number of benzene rings is 4. The quantitative estimate of drug-likeness (QED) is 0.425. The molecule has 0 amide bonds. The molecule has 0 aliphatic heterocycles. The Morgan fingerprint density at radius 1 is 0.652 bits per heavy atom. The minimum atomic E-state index is -4.31. The van der Waals surface area contributed by atoms with E-state index in [2.05, 4.69) is 22.9 Å². The summed E-state index contributed by atoms with van der Waals surface area (Å²) in [6, 6.07) is 21.4. The van der Waals surface area contributed by atoms with Gasteiger partial charge >= 0.3 is 10.3 Å². The molecule has 0 spiro atoms. The summed E-state index contributed by atoms with van der Waals surface area (Å²) >= 11 is 0. The second-order valence-corrected chi connectivity index (χ2v) is 6.58. The van der Waals surface area contributed by atoms with Gasteiger partial charge in [-0.15, -0.1) is 0 Å². The predicted octanol–water partition coefficient (Wildman–Crippen LogP) is 4.36. The Hall–Kier alpha value is -2.63. The van der Waals surface area contributed by atoms with Gasteiger partial charge in [-0.05, 0) is 33.0 Å². The van der Waals surface area contributed by atoms with Crippen LogP contribution in [0.3, 0.4) is 0 Å². The van der Waals surface area contributed by atoms with Gasteiger partial charge in [0.15, 0.2) is 0 Å². The van der Waals surface area contributed by atoms with Gasteiger partial charge in [0.25, 0.3) is 0 Å². The number of rotatable bonds is 2. The number of fused-ring (bicyclic) bond motifs is 5. The van der Waals surface area contributed by atoms with E-state index in [1.165, 1.54) is 0 Å². The molecular weight excluding hydrogens is 310 g/mol. The molecule has 0 aliphatic carbocycles. The standard InChI is InChI=1S/C18H13NO3S/c20-23(21,22)19-18-7-3-6-14-16-9-8-12-4-1-2-5-13(12)15(16)10-11-17(14)18/h1-11,19H,(H,20,21,22). The summed E-state index contributed by atoms with van der Waals surface area (Å²) in [6.07, 6.45) is 0. The molecular formula is C18H13NO3S. The highest BCUT2D eigenvalue weighted by Gasteiger charge is 2.10. The summed E-state index contributed by atoms with van der Waals surface area (Å²) in [5.41, 5.74) is 0.361. The summed E-state index contributed by atoms with van der Waals surface area (Å²) < 4.78 is 33.5. The van der Waals surface area contributed by atoms with Gasteiger partial charge in [-0.3, -0.25) is 9.27 Å². The Balaban J connectivity index is 2.10. The van der Waals surface area contributed by atoms with Crippen LogP contribution in [0.25, 0.3) is 32.3 Å². The third kappa shape index (κ3) is 2.40. The van der Waals surface area contributed by atoms with Gasteiger partial charge < -0.3 is 0 Å². The van der Waals surface area contributed by atoms with E-state index in [1.807, 2.05) is 36.4 Å². The third-order valence-corrected chi connectivity index (χ3v) is 4.50. The molecule has 0 unspecified atom stereocenters. The van der Waals surface area contributed by atoms with Crippen LogP contribution in [0.4, 0.5) is 5.69 Å². The van der Waals surface area contributed by atoms with E-state index in [1.54, 1.807) is 12.1 Å². The molecule has 0 atom stereocenters. The van der Waals surface area contributed by atoms with E-state index < -0.39 is 10.3 Å². The first-order valence-corrected chi connectivity index (χ1v) is 8.55. The molecule has 0 radical (unpaired) electrons. The zero-order chi connectivity index (χ0) is 16.0. The van der Waals surface area contributed by atoms with E-state index in [9.17, 15) is 8.42 Å². The lowest BCUT2D eigenvalue weighted by molar-refractivity contribution is 0.490. The summed E-state index contributed by atoms with van der Waals surface area (Å²) in [5.74, 6) is 0. The van der Waals surface area contributed by atoms with Gasteiger partial charge in [0.2, 0.25) is 0 Å². The minimum absolute atomic E-state index is 0.361. The molecule has 5 heteroatoms. The molecule has 0 fully saturated rings. The van der Waals surface area contributed by atoms with Crippen molar-refractivity contribution >= 4 is 48.3 Å². The van der Waals surface area contributed by atoms with Gasteiger partial charge in [-0.2, -0.15) is 8.42 Å². The fourth-order valence-electron chi connectivity index (χ4n) is 3.08. The molecule has 4 rings (SSSR count). The van der Waals surface area contributed by atoms with Crippen molar-refractivity contribution in [3.8, 4) is 0 Å². The average molecular weight is 323 g/mol. The van der Waals surface area contributed by atoms with Crippen LogP contribution in [0.2, 0.25) is 0 Å². The topological polar surface area (TPSA) is 66.4 Å². The lowest BCUT2D eigenvalue weighted by Gasteiger charge is -2.11. The molecule has 0 bridgehead atoms. The maximum Gasteiger partial charge on any atom is 0.357 e. The minimum Gasteiger partial charge on any atom is -0.269 e. The molecule has 0 heterocycles. The highest BCUT2D eigenvalue weighted by molar-refractivity contribution is 7.87. The third-order valence-electron chi connectivity index (χ3n) is 4.02. The maximum absolute atomic E-state index is 11.1. The van der Waals surface area contributed by atoms with Crippen molar-refractivity contribution in [1.82, 2.24) is 0 Å². The summed E-state index contributed by atoms with van der Waals surface area (Å²) in [4.78, 5) is 0. The summed E-state index contributed by atoms with van der Waals surface area (Å²) in [5, 5.41) is 6.14.